The van der Waals surface area contributed by atoms with Gasteiger partial charge in [-0.05, 0) is 30.7 Å². The molecule has 0 atom stereocenters. The minimum Gasteiger partial charge on any atom is -0.444 e. The van der Waals surface area contributed by atoms with Gasteiger partial charge in [-0.1, -0.05) is 40.6 Å². The summed E-state index contributed by atoms with van der Waals surface area (Å²) in [5, 5.41) is 1.10. The van der Waals surface area contributed by atoms with Crippen molar-refractivity contribution in [1.82, 2.24) is 0 Å². The average molecular weight is 284 g/mol. The molecule has 2 nitrogen and oxygen atoms in total. The summed E-state index contributed by atoms with van der Waals surface area (Å²) in [6.07, 6.45) is 0. The number of nitrogens with zero attached hydrogens (tertiary/aromatic N) is 1. The Labute approximate surface area is 112 Å². The number of halogens is 2. The van der Waals surface area contributed by atoms with E-state index in [1.807, 2.05) is 25.1 Å². The van der Waals surface area contributed by atoms with E-state index in [2.05, 4.69) is 4.99 Å². The van der Waals surface area contributed by atoms with Crippen molar-refractivity contribution in [3.05, 3.63) is 39.7 Å². The zero-order valence-corrected chi connectivity index (χ0v) is 11.2. The highest BCUT2D eigenvalue weighted by Crippen LogP contribution is 2.44. The van der Waals surface area contributed by atoms with Crippen LogP contribution in [0.5, 0.6) is 10.8 Å². The summed E-state index contributed by atoms with van der Waals surface area (Å²) in [7, 11) is 0. The molecule has 1 aliphatic rings. The molecule has 5 heteroatoms. The van der Waals surface area contributed by atoms with Gasteiger partial charge in [0.1, 0.15) is 10.9 Å². The van der Waals surface area contributed by atoms with Crippen LogP contribution < -0.4 is 4.74 Å². The number of ether oxygens (including phenoxy) is 1. The highest BCUT2D eigenvalue weighted by atomic mass is 35.5. The van der Waals surface area contributed by atoms with Gasteiger partial charge >= 0.3 is 0 Å². The predicted molar refractivity (Wildman–Crippen MR) is 72.6 cm³/mol. The maximum atomic E-state index is 6.15. The molecule has 0 aliphatic carbocycles. The number of hydrogen-bond donors (Lipinski definition) is 0. The van der Waals surface area contributed by atoms with E-state index in [-0.39, 0.29) is 0 Å². The van der Waals surface area contributed by atoms with E-state index >= 15 is 0 Å². The topological polar surface area (TPSA) is 21.6 Å². The van der Waals surface area contributed by atoms with E-state index in [1.54, 1.807) is 6.07 Å². The summed E-state index contributed by atoms with van der Waals surface area (Å²) in [4.78, 5) is 4.34. The Morgan fingerprint density at radius 1 is 1.24 bits per heavy atom. The van der Waals surface area contributed by atoms with E-state index in [0.717, 1.165) is 16.8 Å². The van der Waals surface area contributed by atoms with Gasteiger partial charge in [0.05, 0.1) is 9.90 Å². The van der Waals surface area contributed by atoms with E-state index < -0.39 is 0 Å². The van der Waals surface area contributed by atoms with Crippen LogP contribution in [0.25, 0.3) is 0 Å². The first kappa shape index (κ1) is 11.1. The number of aryl methyl sites for hydroxylation is 1. The SMILES string of the molecule is Cc1ccc2c(c1)Oc1sc(Cl)cc1C(Cl)=N2. The molecule has 2 aromatic rings. The number of rotatable bonds is 0. The van der Waals surface area contributed by atoms with E-state index in [1.165, 1.54) is 11.3 Å². The number of aliphatic imine (C=N–C) groups is 1. The van der Waals surface area contributed by atoms with Gasteiger partial charge in [0, 0.05) is 0 Å². The summed E-state index contributed by atoms with van der Waals surface area (Å²) in [5.41, 5.74) is 2.59. The van der Waals surface area contributed by atoms with Crippen LogP contribution in [0.3, 0.4) is 0 Å². The minimum absolute atomic E-state index is 0.408. The molecular weight excluding hydrogens is 277 g/mol. The second-order valence-corrected chi connectivity index (χ2v) is 5.73. The van der Waals surface area contributed by atoms with Gasteiger partial charge in [-0.3, -0.25) is 0 Å². The van der Waals surface area contributed by atoms with Crippen molar-refractivity contribution >= 4 is 45.4 Å². The zero-order chi connectivity index (χ0) is 12.0. The van der Waals surface area contributed by atoms with Crippen molar-refractivity contribution in [2.24, 2.45) is 4.99 Å². The first-order valence-corrected chi connectivity index (χ1v) is 6.53. The Kier molecular flexibility index (Phi) is 2.62. The van der Waals surface area contributed by atoms with Crippen LogP contribution in [-0.4, -0.2) is 5.17 Å². The molecule has 0 unspecified atom stereocenters. The van der Waals surface area contributed by atoms with Crippen LogP contribution in [0.1, 0.15) is 11.1 Å². The molecule has 86 valence electrons. The average Bonchev–Trinajstić information content (AvgIpc) is 2.58. The maximum absolute atomic E-state index is 6.15. The highest BCUT2D eigenvalue weighted by molar-refractivity contribution is 7.18. The summed E-state index contributed by atoms with van der Waals surface area (Å²) in [6.45, 7) is 2.00. The highest BCUT2D eigenvalue weighted by Gasteiger charge is 2.19. The lowest BCUT2D eigenvalue weighted by Gasteiger charge is -2.05. The Bertz CT molecular complexity index is 633. The van der Waals surface area contributed by atoms with Crippen molar-refractivity contribution in [1.29, 1.82) is 0 Å². The third-order valence-electron chi connectivity index (χ3n) is 2.43. The quantitative estimate of drug-likeness (QED) is 0.657. The molecular formula is C12H7Cl2NOS. The maximum Gasteiger partial charge on any atom is 0.192 e. The number of thiophene rings is 1. The normalized spacial score (nSPS) is 13.2. The molecule has 1 aliphatic heterocycles. The third kappa shape index (κ3) is 1.95. The summed E-state index contributed by atoms with van der Waals surface area (Å²) in [6, 6.07) is 7.57. The molecule has 0 fully saturated rings. The molecule has 0 saturated carbocycles. The van der Waals surface area contributed by atoms with Crippen LogP contribution in [-0.2, 0) is 0 Å². The molecule has 0 saturated heterocycles. The smallest absolute Gasteiger partial charge is 0.192 e. The number of benzene rings is 1. The van der Waals surface area contributed by atoms with Crippen molar-refractivity contribution in [3.63, 3.8) is 0 Å². The van der Waals surface area contributed by atoms with Crippen molar-refractivity contribution in [2.45, 2.75) is 6.92 Å². The van der Waals surface area contributed by atoms with Crippen molar-refractivity contribution in [3.8, 4) is 10.8 Å². The first-order valence-electron chi connectivity index (χ1n) is 4.96. The molecule has 17 heavy (non-hydrogen) atoms. The lowest BCUT2D eigenvalue weighted by Crippen LogP contribution is -1.87. The minimum atomic E-state index is 0.408. The van der Waals surface area contributed by atoms with Crippen LogP contribution >= 0.6 is 34.5 Å². The van der Waals surface area contributed by atoms with Gasteiger partial charge in [-0.2, -0.15) is 0 Å². The molecule has 1 aromatic carbocycles. The van der Waals surface area contributed by atoms with E-state index in [0.29, 0.717) is 20.3 Å². The second kappa shape index (κ2) is 4.02. The van der Waals surface area contributed by atoms with E-state index in [4.69, 9.17) is 27.9 Å². The molecule has 2 heterocycles. The number of fused-ring (bicyclic) bond motifs is 2. The second-order valence-electron chi connectivity index (χ2n) is 3.73. The summed E-state index contributed by atoms with van der Waals surface area (Å²) < 4.78 is 6.45. The number of hydrogen-bond acceptors (Lipinski definition) is 3. The van der Waals surface area contributed by atoms with Gasteiger partial charge in [-0.15, -0.1) is 0 Å². The van der Waals surface area contributed by atoms with Crippen LogP contribution in [0.4, 0.5) is 5.69 Å². The fourth-order valence-corrected chi connectivity index (χ4v) is 2.98. The molecule has 0 N–H and O–H groups in total. The van der Waals surface area contributed by atoms with Crippen molar-refractivity contribution < 1.29 is 4.74 Å². The summed E-state index contributed by atoms with van der Waals surface area (Å²) in [5.74, 6) is 0.709. The molecule has 0 amide bonds. The van der Waals surface area contributed by atoms with Crippen LogP contribution in [0.2, 0.25) is 4.34 Å². The predicted octanol–water partition coefficient (Wildman–Crippen LogP) is 5.13. The molecule has 1 aromatic heterocycles. The van der Waals surface area contributed by atoms with Crippen molar-refractivity contribution in [2.75, 3.05) is 0 Å². The lowest BCUT2D eigenvalue weighted by molar-refractivity contribution is 0.498. The van der Waals surface area contributed by atoms with Gasteiger partial charge in [-0.25, -0.2) is 4.99 Å². The summed E-state index contributed by atoms with van der Waals surface area (Å²) >= 11 is 13.5. The van der Waals surface area contributed by atoms with Gasteiger partial charge in [0.2, 0.25) is 0 Å². The monoisotopic (exact) mass is 283 g/mol. The largest absolute Gasteiger partial charge is 0.444 e. The molecule has 0 bridgehead atoms. The van der Waals surface area contributed by atoms with Gasteiger partial charge < -0.3 is 4.74 Å². The standard InChI is InChI=1S/C12H7Cl2NOS/c1-6-2-3-8-9(4-6)16-12-7(11(14)15-8)5-10(13)17-12/h2-5H,1H3. The Hall–Kier alpha value is -1.03. The molecule has 0 spiro atoms. The first-order chi connectivity index (χ1) is 8.13. The third-order valence-corrected chi connectivity index (χ3v) is 3.86. The molecule has 0 radical (unpaired) electrons. The fraction of sp³-hybridized carbons (Fsp3) is 0.0833. The van der Waals surface area contributed by atoms with Gasteiger partial charge in [0.25, 0.3) is 0 Å². The van der Waals surface area contributed by atoms with Gasteiger partial charge in [0.15, 0.2) is 10.8 Å². The van der Waals surface area contributed by atoms with E-state index in [9.17, 15) is 0 Å². The lowest BCUT2D eigenvalue weighted by atomic mass is 10.2. The Morgan fingerprint density at radius 3 is 2.88 bits per heavy atom. The Balaban J connectivity index is 2.22. The van der Waals surface area contributed by atoms with Crippen LogP contribution in [0.15, 0.2) is 29.3 Å². The fourth-order valence-electron chi connectivity index (χ4n) is 1.63. The molecule has 3 rings (SSSR count). The zero-order valence-electron chi connectivity index (χ0n) is 8.83. The Morgan fingerprint density at radius 2 is 2.06 bits per heavy atom. The van der Waals surface area contributed by atoms with Crippen LogP contribution in [0, 0.1) is 6.92 Å².